The van der Waals surface area contributed by atoms with Crippen LogP contribution in [0.15, 0.2) is 42.7 Å². The molecule has 0 radical (unpaired) electrons. The highest BCUT2D eigenvalue weighted by molar-refractivity contribution is 5.92. The van der Waals surface area contributed by atoms with Crippen LogP contribution in [0, 0.1) is 18.3 Å². The van der Waals surface area contributed by atoms with Gasteiger partial charge in [0.1, 0.15) is 17.4 Å². The number of aromatic carboxylic acids is 1. The number of aryl methyl sites for hydroxylation is 1. The second-order valence-corrected chi connectivity index (χ2v) is 5.14. The van der Waals surface area contributed by atoms with Crippen LogP contribution in [0.5, 0.6) is 5.75 Å². The minimum absolute atomic E-state index is 0.245. The third kappa shape index (κ3) is 2.68. The molecule has 7 nitrogen and oxygen atoms in total. The molecule has 0 fully saturated rings. The quantitative estimate of drug-likeness (QED) is 0.767. The van der Waals surface area contributed by atoms with Gasteiger partial charge >= 0.3 is 5.97 Å². The largest absolute Gasteiger partial charge is 0.505 e. The molecule has 0 bridgehead atoms. The number of carboxylic acid groups (broad SMARTS) is 1. The maximum absolute atomic E-state index is 11.1. The van der Waals surface area contributed by atoms with Crippen molar-refractivity contribution >= 4 is 5.97 Å². The summed E-state index contributed by atoms with van der Waals surface area (Å²) < 4.78 is 1.60. The number of nitriles is 1. The van der Waals surface area contributed by atoms with Gasteiger partial charge in [-0.1, -0.05) is 6.07 Å². The molecule has 118 valence electrons. The van der Waals surface area contributed by atoms with Crippen molar-refractivity contribution in [2.45, 2.75) is 6.92 Å². The molecule has 0 amide bonds. The third-order valence-electron chi connectivity index (χ3n) is 3.50. The molecule has 0 saturated heterocycles. The Hall–Kier alpha value is -3.66. The van der Waals surface area contributed by atoms with Crippen molar-refractivity contribution in [1.29, 1.82) is 5.26 Å². The zero-order chi connectivity index (χ0) is 17.3. The van der Waals surface area contributed by atoms with Crippen molar-refractivity contribution in [3.05, 3.63) is 59.5 Å². The Morgan fingerprint density at radius 1 is 1.29 bits per heavy atom. The van der Waals surface area contributed by atoms with E-state index in [4.69, 9.17) is 5.11 Å². The first-order valence-electron chi connectivity index (χ1n) is 6.99. The van der Waals surface area contributed by atoms with Gasteiger partial charge in [-0.25, -0.2) is 9.48 Å². The summed E-state index contributed by atoms with van der Waals surface area (Å²) >= 11 is 0. The van der Waals surface area contributed by atoms with Crippen LogP contribution in [0.2, 0.25) is 0 Å². The summed E-state index contributed by atoms with van der Waals surface area (Å²) in [5.41, 5.74) is 2.50. The predicted molar refractivity (Wildman–Crippen MR) is 84.9 cm³/mol. The molecule has 0 atom stereocenters. The molecule has 3 aromatic rings. The smallest absolute Gasteiger partial charge is 0.339 e. The van der Waals surface area contributed by atoms with Crippen LogP contribution in [0.25, 0.3) is 16.9 Å². The van der Waals surface area contributed by atoms with Crippen molar-refractivity contribution in [3.8, 4) is 28.8 Å². The summed E-state index contributed by atoms with van der Waals surface area (Å²) in [6, 6.07) is 10.3. The third-order valence-corrected chi connectivity index (χ3v) is 3.50. The highest BCUT2D eigenvalue weighted by atomic mass is 16.4. The van der Waals surface area contributed by atoms with E-state index in [9.17, 15) is 15.2 Å². The number of hydrogen-bond donors (Lipinski definition) is 2. The molecule has 2 heterocycles. The molecular weight excluding hydrogens is 308 g/mol. The Labute approximate surface area is 137 Å². The van der Waals surface area contributed by atoms with Crippen molar-refractivity contribution in [1.82, 2.24) is 14.8 Å². The van der Waals surface area contributed by atoms with Crippen LogP contribution in [0.3, 0.4) is 0 Å². The summed E-state index contributed by atoms with van der Waals surface area (Å²) in [5.74, 6) is -1.66. The number of aromatic nitrogens is 3. The van der Waals surface area contributed by atoms with E-state index in [0.717, 1.165) is 11.9 Å². The van der Waals surface area contributed by atoms with Gasteiger partial charge in [-0.2, -0.15) is 10.4 Å². The molecule has 0 saturated carbocycles. The standard InChI is InChI=1S/C17H12N4O3/c1-10-4-5-21(20-10)15-3-2-11(6-12(15)8-18)14-7-13(17(23)24)16(22)9-19-14/h2-7,9,22H,1H3,(H,23,24). The highest BCUT2D eigenvalue weighted by Gasteiger charge is 2.14. The van der Waals surface area contributed by atoms with Crippen LogP contribution in [0.1, 0.15) is 21.6 Å². The van der Waals surface area contributed by atoms with E-state index >= 15 is 0 Å². The SMILES string of the molecule is Cc1ccn(-c2ccc(-c3cc(C(=O)O)c(O)cn3)cc2C#N)n1. The van der Waals surface area contributed by atoms with Gasteiger partial charge in [-0.05, 0) is 31.2 Å². The number of rotatable bonds is 3. The van der Waals surface area contributed by atoms with Crippen molar-refractivity contribution < 1.29 is 15.0 Å². The molecule has 7 heteroatoms. The number of carbonyl (C=O) groups is 1. The lowest BCUT2D eigenvalue weighted by Gasteiger charge is -2.08. The van der Waals surface area contributed by atoms with Crippen molar-refractivity contribution in [2.75, 3.05) is 0 Å². The van der Waals surface area contributed by atoms with Crippen LogP contribution < -0.4 is 0 Å². The maximum Gasteiger partial charge on any atom is 0.339 e. The number of nitrogens with zero attached hydrogens (tertiary/aromatic N) is 4. The minimum atomic E-state index is -1.25. The zero-order valence-corrected chi connectivity index (χ0v) is 12.6. The summed E-state index contributed by atoms with van der Waals surface area (Å²) in [6.45, 7) is 1.85. The van der Waals surface area contributed by atoms with Crippen molar-refractivity contribution in [3.63, 3.8) is 0 Å². The normalized spacial score (nSPS) is 10.3. The number of pyridine rings is 1. The number of benzene rings is 1. The molecular formula is C17H12N4O3. The fraction of sp³-hybridized carbons (Fsp3) is 0.0588. The van der Waals surface area contributed by atoms with E-state index in [1.165, 1.54) is 6.07 Å². The van der Waals surface area contributed by atoms with E-state index in [1.807, 2.05) is 13.0 Å². The Balaban J connectivity index is 2.10. The van der Waals surface area contributed by atoms with Crippen LogP contribution in [-0.4, -0.2) is 30.9 Å². The van der Waals surface area contributed by atoms with E-state index in [1.54, 1.807) is 29.1 Å². The van der Waals surface area contributed by atoms with Gasteiger partial charge in [0, 0.05) is 11.8 Å². The molecule has 1 aromatic carbocycles. The molecule has 3 rings (SSSR count). The van der Waals surface area contributed by atoms with Gasteiger partial charge in [-0.3, -0.25) is 4.98 Å². The van der Waals surface area contributed by atoms with E-state index in [2.05, 4.69) is 16.2 Å². The first-order chi connectivity index (χ1) is 11.5. The molecule has 24 heavy (non-hydrogen) atoms. The van der Waals surface area contributed by atoms with Crippen LogP contribution >= 0.6 is 0 Å². The lowest BCUT2D eigenvalue weighted by atomic mass is 10.0. The molecule has 0 aliphatic rings. The number of aromatic hydroxyl groups is 1. The van der Waals surface area contributed by atoms with Gasteiger partial charge in [0.05, 0.1) is 28.8 Å². The second kappa shape index (κ2) is 5.85. The maximum atomic E-state index is 11.1. The summed E-state index contributed by atoms with van der Waals surface area (Å²) in [4.78, 5) is 15.1. The Morgan fingerprint density at radius 3 is 2.71 bits per heavy atom. The van der Waals surface area contributed by atoms with E-state index in [-0.39, 0.29) is 5.56 Å². The predicted octanol–water partition coefficient (Wildman–Crippen LogP) is 2.52. The average Bonchev–Trinajstić information content (AvgIpc) is 3.00. The zero-order valence-electron chi connectivity index (χ0n) is 12.6. The summed E-state index contributed by atoms with van der Waals surface area (Å²) in [5, 5.41) is 32.3. The number of hydrogen-bond acceptors (Lipinski definition) is 5. The molecule has 2 aromatic heterocycles. The van der Waals surface area contributed by atoms with Crippen molar-refractivity contribution in [2.24, 2.45) is 0 Å². The minimum Gasteiger partial charge on any atom is -0.505 e. The van der Waals surface area contributed by atoms with Crippen LogP contribution in [-0.2, 0) is 0 Å². The molecule has 0 aliphatic carbocycles. The second-order valence-electron chi connectivity index (χ2n) is 5.14. The fourth-order valence-electron chi connectivity index (χ4n) is 2.31. The first kappa shape index (κ1) is 15.2. The molecule has 0 aliphatic heterocycles. The van der Waals surface area contributed by atoms with Gasteiger partial charge in [0.2, 0.25) is 0 Å². The molecule has 2 N–H and O–H groups in total. The highest BCUT2D eigenvalue weighted by Crippen LogP contribution is 2.26. The molecule has 0 unspecified atom stereocenters. The summed E-state index contributed by atoms with van der Waals surface area (Å²) in [7, 11) is 0. The summed E-state index contributed by atoms with van der Waals surface area (Å²) in [6.07, 6.45) is 2.84. The number of carboxylic acids is 1. The van der Waals surface area contributed by atoms with Gasteiger partial charge in [0.25, 0.3) is 0 Å². The van der Waals surface area contributed by atoms with Gasteiger partial charge in [-0.15, -0.1) is 0 Å². The average molecular weight is 320 g/mol. The Kier molecular flexibility index (Phi) is 3.72. The lowest BCUT2D eigenvalue weighted by Crippen LogP contribution is -2.00. The van der Waals surface area contributed by atoms with Gasteiger partial charge < -0.3 is 10.2 Å². The lowest BCUT2D eigenvalue weighted by molar-refractivity contribution is 0.0693. The fourth-order valence-corrected chi connectivity index (χ4v) is 2.31. The topological polar surface area (TPSA) is 112 Å². The van der Waals surface area contributed by atoms with Gasteiger partial charge in [0.15, 0.2) is 0 Å². The van der Waals surface area contributed by atoms with E-state index < -0.39 is 11.7 Å². The molecule has 0 spiro atoms. The monoisotopic (exact) mass is 320 g/mol. The van der Waals surface area contributed by atoms with Crippen LogP contribution in [0.4, 0.5) is 0 Å². The Morgan fingerprint density at radius 2 is 2.08 bits per heavy atom. The van der Waals surface area contributed by atoms with E-state index in [0.29, 0.717) is 22.5 Å². The Bertz CT molecular complexity index is 986. The first-order valence-corrected chi connectivity index (χ1v) is 6.99.